The van der Waals surface area contributed by atoms with Gasteiger partial charge in [-0.2, -0.15) is 0 Å². The standard InChI is InChI=1S/C57H105NO13/c1-3-5-7-9-10-11-12-13-14-15-16-17-18-19-20-21-22-23-24-25-26-27-28-29-30-31-32-33-34-35-36-37-39-41-49(62)58-45(46(61)40-38-8-6-4-2)44-68-56-54(67)52(65)55(48(43-60)70-56)71-57-53(66)51(64)50(63)47(42-59)69-57/h12-13,15-16,18-19,45-48,50-57,59-61,63-67H,3-11,14,17,20-44H2,1-2H3,(H,58,62)/b13-12-,16-15-,19-18-. The quantitative estimate of drug-likeness (QED) is 0.0205. The Bertz CT molecular complexity index is 1330. The van der Waals surface area contributed by atoms with Gasteiger partial charge in [0, 0.05) is 6.42 Å². The molecule has 12 unspecified atom stereocenters. The van der Waals surface area contributed by atoms with Crippen LogP contribution in [0.2, 0.25) is 0 Å². The number of aliphatic hydroxyl groups excluding tert-OH is 8. The van der Waals surface area contributed by atoms with E-state index < -0.39 is 86.8 Å². The van der Waals surface area contributed by atoms with Crippen LogP contribution in [-0.4, -0.2) is 140 Å². The summed E-state index contributed by atoms with van der Waals surface area (Å²) < 4.78 is 22.6. The second-order valence-corrected chi connectivity index (χ2v) is 20.4. The van der Waals surface area contributed by atoms with Gasteiger partial charge < -0.3 is 65.1 Å². The molecule has 0 aliphatic carbocycles. The van der Waals surface area contributed by atoms with Gasteiger partial charge in [0.15, 0.2) is 12.6 Å². The molecule has 71 heavy (non-hydrogen) atoms. The van der Waals surface area contributed by atoms with Crippen molar-refractivity contribution in [2.24, 2.45) is 0 Å². The van der Waals surface area contributed by atoms with Crippen molar-refractivity contribution < 1.29 is 64.6 Å². The van der Waals surface area contributed by atoms with E-state index in [1.54, 1.807) is 0 Å². The number of carbonyl (C=O) groups excluding carboxylic acids is 1. The van der Waals surface area contributed by atoms with Gasteiger partial charge in [-0.1, -0.05) is 204 Å². The van der Waals surface area contributed by atoms with Crippen LogP contribution in [0.4, 0.5) is 0 Å². The van der Waals surface area contributed by atoms with E-state index in [0.29, 0.717) is 12.8 Å². The molecule has 14 heteroatoms. The zero-order valence-electron chi connectivity index (χ0n) is 44.5. The fourth-order valence-electron chi connectivity index (χ4n) is 9.42. The molecule has 416 valence electrons. The number of hydrogen-bond acceptors (Lipinski definition) is 13. The molecule has 0 saturated carbocycles. The lowest BCUT2D eigenvalue weighted by atomic mass is 9.97. The number of rotatable bonds is 45. The van der Waals surface area contributed by atoms with E-state index in [1.165, 1.54) is 135 Å². The average molecular weight is 1010 g/mol. The van der Waals surface area contributed by atoms with Crippen LogP contribution in [0, 0.1) is 0 Å². The first-order valence-corrected chi connectivity index (χ1v) is 28.7. The monoisotopic (exact) mass is 1010 g/mol. The molecule has 2 fully saturated rings. The first-order valence-electron chi connectivity index (χ1n) is 28.7. The van der Waals surface area contributed by atoms with Gasteiger partial charge in [0.25, 0.3) is 0 Å². The largest absolute Gasteiger partial charge is 0.394 e. The molecule has 2 heterocycles. The maximum absolute atomic E-state index is 13.1. The summed E-state index contributed by atoms with van der Waals surface area (Å²) in [6, 6.07) is -0.823. The smallest absolute Gasteiger partial charge is 0.220 e. The number of amides is 1. The summed E-state index contributed by atoms with van der Waals surface area (Å²) in [6.07, 6.45) is 35.5. The van der Waals surface area contributed by atoms with Crippen LogP contribution >= 0.6 is 0 Å². The topological polar surface area (TPSA) is 228 Å². The Morgan fingerprint density at radius 2 is 0.930 bits per heavy atom. The highest BCUT2D eigenvalue weighted by Crippen LogP contribution is 2.30. The minimum atomic E-state index is -1.78. The van der Waals surface area contributed by atoms with Gasteiger partial charge in [0.2, 0.25) is 5.91 Å². The predicted molar refractivity (Wildman–Crippen MR) is 281 cm³/mol. The molecule has 0 aromatic rings. The number of ether oxygens (including phenoxy) is 4. The summed E-state index contributed by atoms with van der Waals surface area (Å²) in [7, 11) is 0. The number of unbranched alkanes of at least 4 members (excludes halogenated alkanes) is 26. The summed E-state index contributed by atoms with van der Waals surface area (Å²) in [5.74, 6) is -0.215. The molecule has 0 radical (unpaired) electrons. The Morgan fingerprint density at radius 1 is 0.507 bits per heavy atom. The molecule has 14 nitrogen and oxygen atoms in total. The van der Waals surface area contributed by atoms with Crippen molar-refractivity contribution in [3.8, 4) is 0 Å². The summed E-state index contributed by atoms with van der Waals surface area (Å²) >= 11 is 0. The summed E-state index contributed by atoms with van der Waals surface area (Å²) in [6.45, 7) is 2.71. The van der Waals surface area contributed by atoms with Gasteiger partial charge >= 0.3 is 0 Å². The van der Waals surface area contributed by atoms with Crippen molar-refractivity contribution in [2.45, 2.75) is 299 Å². The van der Waals surface area contributed by atoms with Crippen LogP contribution in [0.5, 0.6) is 0 Å². The van der Waals surface area contributed by atoms with Gasteiger partial charge in [-0.05, 0) is 51.4 Å². The molecule has 2 rings (SSSR count). The summed E-state index contributed by atoms with van der Waals surface area (Å²) in [5, 5.41) is 86.3. The van der Waals surface area contributed by atoms with Crippen LogP contribution < -0.4 is 5.32 Å². The Kier molecular flexibility index (Phi) is 40.0. The molecule has 2 saturated heterocycles. The molecule has 2 aliphatic heterocycles. The van der Waals surface area contributed by atoms with Crippen molar-refractivity contribution in [1.82, 2.24) is 5.32 Å². The van der Waals surface area contributed by atoms with Crippen LogP contribution in [-0.2, 0) is 23.7 Å². The molecule has 9 N–H and O–H groups in total. The van der Waals surface area contributed by atoms with E-state index in [1.807, 2.05) is 0 Å². The van der Waals surface area contributed by atoms with Crippen LogP contribution in [0.15, 0.2) is 36.5 Å². The Labute approximate surface area is 430 Å². The molecular weight excluding hydrogens is 907 g/mol. The highest BCUT2D eigenvalue weighted by atomic mass is 16.7. The third-order valence-electron chi connectivity index (χ3n) is 14.1. The normalized spacial score (nSPS) is 26.0. The van der Waals surface area contributed by atoms with Crippen LogP contribution in [0.1, 0.15) is 226 Å². The Balaban J connectivity index is 1.52. The van der Waals surface area contributed by atoms with Crippen LogP contribution in [0.3, 0.4) is 0 Å². The molecule has 12 atom stereocenters. The van der Waals surface area contributed by atoms with Gasteiger partial charge in [-0.25, -0.2) is 0 Å². The number of nitrogens with one attached hydrogen (secondary N) is 1. The third-order valence-corrected chi connectivity index (χ3v) is 14.1. The average Bonchev–Trinajstić information content (AvgIpc) is 3.37. The van der Waals surface area contributed by atoms with E-state index >= 15 is 0 Å². The van der Waals surface area contributed by atoms with E-state index in [9.17, 15) is 45.6 Å². The maximum atomic E-state index is 13.1. The van der Waals surface area contributed by atoms with Crippen molar-refractivity contribution in [2.75, 3.05) is 19.8 Å². The van der Waals surface area contributed by atoms with Crippen molar-refractivity contribution in [3.05, 3.63) is 36.5 Å². The van der Waals surface area contributed by atoms with Crippen molar-refractivity contribution in [3.63, 3.8) is 0 Å². The zero-order chi connectivity index (χ0) is 51.7. The second-order valence-electron chi connectivity index (χ2n) is 20.4. The fourth-order valence-corrected chi connectivity index (χ4v) is 9.42. The number of allylic oxidation sites excluding steroid dienone is 6. The zero-order valence-corrected chi connectivity index (χ0v) is 44.5. The Hall–Kier alpha value is -1.79. The van der Waals surface area contributed by atoms with Crippen LogP contribution in [0.25, 0.3) is 0 Å². The lowest BCUT2D eigenvalue weighted by Crippen LogP contribution is -2.65. The molecule has 1 amide bonds. The highest BCUT2D eigenvalue weighted by molar-refractivity contribution is 5.76. The van der Waals surface area contributed by atoms with E-state index in [4.69, 9.17) is 18.9 Å². The van der Waals surface area contributed by atoms with Gasteiger partial charge in [0.05, 0.1) is 32.0 Å². The molecule has 0 aromatic carbocycles. The number of hydrogen-bond donors (Lipinski definition) is 9. The summed E-state index contributed by atoms with van der Waals surface area (Å²) in [5.41, 5.74) is 0. The molecule has 0 aromatic heterocycles. The lowest BCUT2D eigenvalue weighted by Gasteiger charge is -2.46. The minimum absolute atomic E-state index is 0.215. The number of carbonyl (C=O) groups is 1. The van der Waals surface area contributed by atoms with Gasteiger partial charge in [-0.15, -0.1) is 0 Å². The van der Waals surface area contributed by atoms with E-state index in [-0.39, 0.29) is 12.5 Å². The maximum Gasteiger partial charge on any atom is 0.220 e. The summed E-state index contributed by atoms with van der Waals surface area (Å²) in [4.78, 5) is 13.1. The first-order chi connectivity index (χ1) is 34.6. The van der Waals surface area contributed by atoms with Gasteiger partial charge in [0.1, 0.15) is 48.8 Å². The third kappa shape index (κ3) is 29.8. The van der Waals surface area contributed by atoms with Crippen molar-refractivity contribution >= 4 is 5.91 Å². The van der Waals surface area contributed by atoms with Gasteiger partial charge in [-0.3, -0.25) is 4.79 Å². The number of aliphatic hydroxyl groups is 8. The Morgan fingerprint density at radius 3 is 1.42 bits per heavy atom. The predicted octanol–water partition coefficient (Wildman–Crippen LogP) is 9.05. The molecule has 0 spiro atoms. The van der Waals surface area contributed by atoms with E-state index in [0.717, 1.165) is 64.2 Å². The fraction of sp³-hybridized carbons (Fsp3) is 0.877. The van der Waals surface area contributed by atoms with E-state index in [2.05, 4.69) is 55.6 Å². The molecule has 2 aliphatic rings. The lowest BCUT2D eigenvalue weighted by molar-refractivity contribution is -0.359. The first kappa shape index (κ1) is 65.3. The minimum Gasteiger partial charge on any atom is -0.394 e. The molecular formula is C57H105NO13. The molecule has 0 bridgehead atoms. The second kappa shape index (κ2) is 43.4. The highest BCUT2D eigenvalue weighted by Gasteiger charge is 2.51. The van der Waals surface area contributed by atoms with Crippen molar-refractivity contribution in [1.29, 1.82) is 0 Å². The SMILES string of the molecule is CCCCCCC/C=C\C/C=C\C/C=C\CCCCCCCCCCCCCCCCCCCCC(=O)NC(COC1OC(CO)C(OC2OC(CO)C(O)C(O)C2O)C(O)C1O)C(O)CCCCCC.